The maximum atomic E-state index is 9.96. The van der Waals surface area contributed by atoms with Crippen molar-refractivity contribution in [1.29, 1.82) is 0 Å². The van der Waals surface area contributed by atoms with E-state index in [0.717, 1.165) is 12.8 Å². The van der Waals surface area contributed by atoms with Crippen molar-refractivity contribution in [3.8, 4) is 11.1 Å². The van der Waals surface area contributed by atoms with Crippen LogP contribution < -0.4 is 0 Å². The normalized spacial score (nSPS) is 10.0. The second-order valence-corrected chi connectivity index (χ2v) is 4.06. The second-order valence-electron chi connectivity index (χ2n) is 4.06. The number of aryl methyl sites for hydroxylation is 1. The molecule has 0 aliphatic carbocycles. The highest BCUT2D eigenvalue weighted by Gasteiger charge is 2.03. The Kier molecular flexibility index (Phi) is 4.53. The van der Waals surface area contributed by atoms with Crippen LogP contribution in [0.25, 0.3) is 11.1 Å². The van der Waals surface area contributed by atoms with Gasteiger partial charge in [0.05, 0.1) is 6.61 Å². The minimum atomic E-state index is 0.423. The SMILES string of the molecule is O=[C]OCCCc1ccccc1-c1ccccc1. The predicted octanol–water partition coefficient (Wildman–Crippen LogP) is 3.37. The van der Waals surface area contributed by atoms with Gasteiger partial charge in [0.2, 0.25) is 0 Å². The highest BCUT2D eigenvalue weighted by molar-refractivity contribution is 5.67. The molecular weight excluding hydrogens is 224 g/mol. The van der Waals surface area contributed by atoms with Crippen LogP contribution in [0.15, 0.2) is 54.6 Å². The Labute approximate surface area is 107 Å². The smallest absolute Gasteiger partial charge is 0.417 e. The second kappa shape index (κ2) is 6.60. The van der Waals surface area contributed by atoms with Gasteiger partial charge in [0.1, 0.15) is 0 Å². The van der Waals surface area contributed by atoms with Gasteiger partial charge in [0.15, 0.2) is 0 Å². The minimum Gasteiger partial charge on any atom is -0.457 e. The Morgan fingerprint density at radius 1 is 0.944 bits per heavy atom. The summed E-state index contributed by atoms with van der Waals surface area (Å²) in [6.07, 6.45) is 1.71. The number of carbonyl (C=O) groups excluding carboxylic acids is 1. The van der Waals surface area contributed by atoms with Gasteiger partial charge in [-0.05, 0) is 29.5 Å². The molecule has 0 fully saturated rings. The van der Waals surface area contributed by atoms with E-state index in [-0.39, 0.29) is 0 Å². The topological polar surface area (TPSA) is 26.3 Å². The molecule has 0 aliphatic heterocycles. The van der Waals surface area contributed by atoms with Crippen molar-refractivity contribution >= 4 is 6.47 Å². The third kappa shape index (κ3) is 3.20. The van der Waals surface area contributed by atoms with E-state index in [1.807, 2.05) is 30.3 Å². The molecule has 0 bridgehead atoms. The summed E-state index contributed by atoms with van der Waals surface area (Å²) in [5.41, 5.74) is 3.74. The van der Waals surface area contributed by atoms with E-state index >= 15 is 0 Å². The largest absolute Gasteiger partial charge is 0.457 e. The van der Waals surface area contributed by atoms with E-state index in [2.05, 4.69) is 29.0 Å². The first-order valence-electron chi connectivity index (χ1n) is 6.04. The number of rotatable bonds is 6. The minimum absolute atomic E-state index is 0.423. The predicted molar refractivity (Wildman–Crippen MR) is 71.8 cm³/mol. The average molecular weight is 239 g/mol. The third-order valence-corrected chi connectivity index (χ3v) is 2.85. The van der Waals surface area contributed by atoms with Crippen LogP contribution in [0.4, 0.5) is 0 Å². The van der Waals surface area contributed by atoms with Crippen molar-refractivity contribution in [3.05, 3.63) is 60.2 Å². The Morgan fingerprint density at radius 3 is 2.44 bits per heavy atom. The quantitative estimate of drug-likeness (QED) is 0.722. The summed E-state index contributed by atoms with van der Waals surface area (Å²) >= 11 is 0. The van der Waals surface area contributed by atoms with Crippen LogP contribution in [0.3, 0.4) is 0 Å². The van der Waals surface area contributed by atoms with E-state index < -0.39 is 0 Å². The molecule has 0 heterocycles. The zero-order chi connectivity index (χ0) is 12.6. The first-order chi connectivity index (χ1) is 8.92. The lowest BCUT2D eigenvalue weighted by molar-refractivity contribution is 0.273. The van der Waals surface area contributed by atoms with Crippen molar-refractivity contribution in [2.45, 2.75) is 12.8 Å². The van der Waals surface area contributed by atoms with E-state index in [4.69, 9.17) is 0 Å². The molecule has 1 radical (unpaired) electrons. The fourth-order valence-corrected chi connectivity index (χ4v) is 2.01. The van der Waals surface area contributed by atoms with Crippen LogP contribution in [-0.4, -0.2) is 13.1 Å². The van der Waals surface area contributed by atoms with Crippen LogP contribution in [0.2, 0.25) is 0 Å². The first-order valence-corrected chi connectivity index (χ1v) is 6.04. The molecule has 0 atom stereocenters. The molecule has 0 aliphatic rings. The van der Waals surface area contributed by atoms with Crippen molar-refractivity contribution in [2.75, 3.05) is 6.61 Å². The highest BCUT2D eigenvalue weighted by atomic mass is 16.5. The zero-order valence-corrected chi connectivity index (χ0v) is 10.1. The van der Waals surface area contributed by atoms with E-state index in [1.165, 1.54) is 23.2 Å². The summed E-state index contributed by atoms with van der Waals surface area (Å²) in [7, 11) is 0. The maximum Gasteiger partial charge on any atom is 0.417 e. The molecule has 0 spiro atoms. The number of benzene rings is 2. The highest BCUT2D eigenvalue weighted by Crippen LogP contribution is 2.24. The summed E-state index contributed by atoms with van der Waals surface area (Å²) in [6.45, 7) is 1.87. The Morgan fingerprint density at radius 2 is 1.67 bits per heavy atom. The van der Waals surface area contributed by atoms with Crippen LogP contribution in [-0.2, 0) is 16.0 Å². The molecule has 2 rings (SSSR count). The third-order valence-electron chi connectivity index (χ3n) is 2.85. The van der Waals surface area contributed by atoms with Gasteiger partial charge in [-0.1, -0.05) is 54.6 Å². The van der Waals surface area contributed by atoms with Gasteiger partial charge >= 0.3 is 6.47 Å². The van der Waals surface area contributed by atoms with Crippen LogP contribution in [0, 0.1) is 0 Å². The van der Waals surface area contributed by atoms with Crippen LogP contribution >= 0.6 is 0 Å². The lowest BCUT2D eigenvalue weighted by atomic mass is 9.97. The van der Waals surface area contributed by atoms with E-state index in [9.17, 15) is 4.79 Å². The molecule has 0 saturated heterocycles. The molecule has 18 heavy (non-hydrogen) atoms. The average Bonchev–Trinajstić information content (AvgIpc) is 2.45. The fourth-order valence-electron chi connectivity index (χ4n) is 2.01. The molecule has 0 amide bonds. The summed E-state index contributed by atoms with van der Waals surface area (Å²) < 4.78 is 4.60. The monoisotopic (exact) mass is 239 g/mol. The number of ether oxygens (including phenoxy) is 1. The fraction of sp³-hybridized carbons (Fsp3) is 0.188. The summed E-state index contributed by atoms with van der Waals surface area (Å²) in [6, 6.07) is 18.6. The summed E-state index contributed by atoms with van der Waals surface area (Å²) in [5.74, 6) is 0. The van der Waals surface area contributed by atoms with Crippen molar-refractivity contribution in [1.82, 2.24) is 0 Å². The van der Waals surface area contributed by atoms with E-state index in [1.54, 1.807) is 0 Å². The van der Waals surface area contributed by atoms with Gasteiger partial charge < -0.3 is 4.74 Å². The number of hydrogen-bond donors (Lipinski definition) is 0. The van der Waals surface area contributed by atoms with Crippen molar-refractivity contribution in [3.63, 3.8) is 0 Å². The van der Waals surface area contributed by atoms with Gasteiger partial charge in [-0.15, -0.1) is 0 Å². The molecule has 2 aromatic carbocycles. The summed E-state index contributed by atoms with van der Waals surface area (Å²) in [5, 5.41) is 0. The number of hydrogen-bond acceptors (Lipinski definition) is 2. The van der Waals surface area contributed by atoms with E-state index in [0.29, 0.717) is 6.61 Å². The molecule has 2 nitrogen and oxygen atoms in total. The van der Waals surface area contributed by atoms with Gasteiger partial charge in [-0.2, -0.15) is 0 Å². The van der Waals surface area contributed by atoms with Gasteiger partial charge in [0.25, 0.3) is 0 Å². The van der Waals surface area contributed by atoms with Crippen molar-refractivity contribution in [2.24, 2.45) is 0 Å². The van der Waals surface area contributed by atoms with Gasteiger partial charge in [-0.25, -0.2) is 4.79 Å². The molecule has 0 aromatic heterocycles. The van der Waals surface area contributed by atoms with Crippen LogP contribution in [0.1, 0.15) is 12.0 Å². The van der Waals surface area contributed by atoms with Crippen molar-refractivity contribution < 1.29 is 9.53 Å². The maximum absolute atomic E-state index is 9.96. The molecular formula is C16H15O2. The Hall–Kier alpha value is -2.09. The van der Waals surface area contributed by atoms with Gasteiger partial charge in [-0.3, -0.25) is 0 Å². The molecule has 2 heteroatoms. The summed E-state index contributed by atoms with van der Waals surface area (Å²) in [4.78, 5) is 9.96. The van der Waals surface area contributed by atoms with Gasteiger partial charge in [0, 0.05) is 0 Å². The standard InChI is InChI=1S/C16H15O2/c17-13-18-12-6-10-15-9-4-5-11-16(15)14-7-2-1-3-8-14/h1-5,7-9,11H,6,10,12H2. The molecule has 91 valence electrons. The lowest BCUT2D eigenvalue weighted by Gasteiger charge is -2.09. The molecule has 0 N–H and O–H groups in total. The Balaban J connectivity index is 2.13. The lowest BCUT2D eigenvalue weighted by Crippen LogP contribution is -1.96. The van der Waals surface area contributed by atoms with Crippen LogP contribution in [0.5, 0.6) is 0 Å². The molecule has 0 saturated carbocycles. The Bertz CT molecular complexity index is 491. The first kappa shape index (κ1) is 12.4. The molecule has 2 aromatic rings. The zero-order valence-electron chi connectivity index (χ0n) is 10.1. The molecule has 0 unspecified atom stereocenters.